The molecule has 0 radical (unpaired) electrons. The number of benzene rings is 18. The zero-order valence-electron chi connectivity index (χ0n) is 51.1. The van der Waals surface area contributed by atoms with E-state index in [1.807, 2.05) is 20.8 Å². The topological polar surface area (TPSA) is 71.1 Å². The minimum atomic E-state index is -0.539. The van der Waals surface area contributed by atoms with Crippen LogP contribution >= 0.6 is 0 Å². The molecular formula is C88H37N3O4. The van der Waals surface area contributed by atoms with Crippen molar-refractivity contribution in [3.05, 3.63) is 104 Å². The van der Waals surface area contributed by atoms with E-state index in [0.29, 0.717) is 26.1 Å². The highest BCUT2D eigenvalue weighted by atomic mass is 16.6. The zero-order valence-corrected chi connectivity index (χ0v) is 51.1. The first-order valence-electron chi connectivity index (χ1n) is 35.5. The standard InChI is InChI=1S/C88H37N3O4/c1-84(2,3)95-26(92)12-14-90-17-85-75-59-43-27-41-55-37-29(43)47-33-34-48-30-38-52(34)68-67(51(33)37)79-71(55)73-57(41)39-31-45(27)61(59)77-65-49(31)35-36-50-32-40-54(36)70-69(53(35)39)81(73)88-20-91(15-13-89-83(93)94-16-25-23-10-6-4-8-21(23)22-9-5-7-11-24(22)25)19-87(79,88)80(68)72-56(38)42(58(40)74(72)82(70)88)28-44(30)60(76(85)64(48)63(47)75)62(46(28)32)78(66(50)65)86(77,85)18-90/h4-11,25H,12-20H2,1-3H3,(H,89,93). The quantitative estimate of drug-likeness (QED) is 0.121. The monoisotopic (exact) mass is 1200 g/mol. The number of fused-ring (bicyclic) bond motifs is 3. The molecule has 2 fully saturated rings. The van der Waals surface area contributed by atoms with Crippen LogP contribution in [0.15, 0.2) is 48.5 Å². The van der Waals surface area contributed by atoms with E-state index in [0.717, 1.165) is 32.7 Å². The van der Waals surface area contributed by atoms with Crippen molar-refractivity contribution >= 4 is 271 Å². The van der Waals surface area contributed by atoms with Crippen LogP contribution in [-0.2, 0) is 35.9 Å². The van der Waals surface area contributed by atoms with E-state index in [1.54, 1.807) is 303 Å². The summed E-state index contributed by atoms with van der Waals surface area (Å²) >= 11 is 0. The van der Waals surface area contributed by atoms with E-state index in [-0.39, 0.29) is 39.6 Å². The summed E-state index contributed by atoms with van der Waals surface area (Å²) < 4.78 is 12.5. The molecule has 0 atom stereocenters. The van der Waals surface area contributed by atoms with Gasteiger partial charge in [0.25, 0.3) is 0 Å². The zero-order chi connectivity index (χ0) is 59.2. The molecule has 1 N–H and O–H groups in total. The SMILES string of the molecule is CC(C)(C)OC(=O)CCN1CC23c4c5c6c2c2c7c8c9c%10c(c%11c4c4c%12c5c5c%13c%14c%15c%16c%17c%18c%19c%20c%21c%22c%23c(c%14c%14c%24c%23c%23c%22c%22c%20c(c9c%22c7c%23c2c%24c6c%145)c2c%19c5c%17c(c%16c%13%12)c4c%11c5c%102)C%152CN(CCNC(=O)OCC4c5ccccc5-c5ccccc54)CC%18%212)C83C1. The molecule has 9 aliphatic carbocycles. The number of rotatable bonds is 8. The highest BCUT2D eigenvalue weighted by Gasteiger charge is 2.76. The lowest BCUT2D eigenvalue weighted by molar-refractivity contribution is -0.155. The van der Waals surface area contributed by atoms with Gasteiger partial charge in [-0.2, -0.15) is 0 Å². The summed E-state index contributed by atoms with van der Waals surface area (Å²) in [6.45, 7) is 12.0. The van der Waals surface area contributed by atoms with E-state index >= 15 is 0 Å². The summed E-state index contributed by atoms with van der Waals surface area (Å²) in [7, 11) is 0. The minimum Gasteiger partial charge on any atom is -0.460 e. The molecule has 0 bridgehead atoms. The Morgan fingerprint density at radius 3 is 0.874 bits per heavy atom. The molecule has 0 unspecified atom stereocenters. The van der Waals surface area contributed by atoms with Gasteiger partial charge in [-0.15, -0.1) is 0 Å². The Hall–Kier alpha value is -10.2. The molecule has 95 heavy (non-hydrogen) atoms. The summed E-state index contributed by atoms with van der Waals surface area (Å²) in [5, 5.41) is 81.1. The van der Waals surface area contributed by atoms with Crippen molar-refractivity contribution < 1.29 is 19.1 Å². The van der Waals surface area contributed by atoms with E-state index in [2.05, 4.69) is 63.6 Å². The number of carbonyl (C=O) groups excluding carboxylic acids is 2. The summed E-state index contributed by atoms with van der Waals surface area (Å²) in [5.74, 6) is -0.0710. The number of esters is 1. The van der Waals surface area contributed by atoms with Crippen LogP contribution in [0.5, 0.6) is 0 Å². The molecule has 2 aliphatic heterocycles. The van der Waals surface area contributed by atoms with Gasteiger partial charge in [-0.05, 0) is 346 Å². The van der Waals surface area contributed by atoms with Crippen LogP contribution < -0.4 is 5.32 Å². The van der Waals surface area contributed by atoms with Gasteiger partial charge in [0.2, 0.25) is 0 Å². The summed E-state index contributed by atoms with van der Waals surface area (Å²) in [6, 6.07) is 17.3. The van der Waals surface area contributed by atoms with Crippen molar-refractivity contribution in [1.82, 2.24) is 15.1 Å². The minimum absolute atomic E-state index is 0.0103. The van der Waals surface area contributed by atoms with Gasteiger partial charge in [-0.3, -0.25) is 9.69 Å². The third-order valence-corrected chi connectivity index (χ3v) is 31.8. The molecule has 26 aromatic rings. The van der Waals surface area contributed by atoms with Crippen molar-refractivity contribution in [2.45, 2.75) is 60.4 Å². The number of nitrogens with one attached hydrogen (secondary N) is 1. The summed E-state index contributed by atoms with van der Waals surface area (Å²) in [5.41, 5.74) is 16.6. The van der Waals surface area contributed by atoms with Gasteiger partial charge < -0.3 is 19.7 Å². The predicted molar refractivity (Wildman–Crippen MR) is 383 cm³/mol. The molecule has 428 valence electrons. The molecule has 1 amide bonds. The van der Waals surface area contributed by atoms with Crippen molar-refractivity contribution in [2.24, 2.45) is 0 Å². The Kier molecular flexibility index (Phi) is 4.56. The second kappa shape index (κ2) is 10.4. The molecule has 37 rings (SSSR count). The molecule has 2 saturated heterocycles. The fourth-order valence-corrected chi connectivity index (χ4v) is 31.2. The molecule has 11 aliphatic rings. The van der Waals surface area contributed by atoms with Gasteiger partial charge >= 0.3 is 12.1 Å². The fraction of sp³-hybridized carbons (Fsp3) is 0.205. The van der Waals surface area contributed by atoms with E-state index in [4.69, 9.17) is 9.47 Å². The van der Waals surface area contributed by atoms with Crippen LogP contribution in [0.2, 0.25) is 0 Å². The molecule has 7 nitrogen and oxygen atoms in total. The maximum atomic E-state index is 14.4. The lowest BCUT2D eigenvalue weighted by atomic mass is 9.50. The maximum Gasteiger partial charge on any atom is 0.407 e. The molecular weight excluding hydrogens is 1160 g/mol. The first kappa shape index (κ1) is 41.5. The maximum absolute atomic E-state index is 14.4. The van der Waals surface area contributed by atoms with Crippen LogP contribution in [-0.4, -0.2) is 79.9 Å². The molecule has 4 spiro atoms. The molecule has 0 saturated carbocycles. The van der Waals surface area contributed by atoms with Gasteiger partial charge in [0.05, 0.1) is 28.1 Å². The summed E-state index contributed by atoms with van der Waals surface area (Å²) in [6.07, 6.45) is 0.0714. The smallest absolute Gasteiger partial charge is 0.407 e. The third-order valence-electron chi connectivity index (χ3n) is 31.8. The van der Waals surface area contributed by atoms with Crippen molar-refractivity contribution in [3.8, 4) is 11.1 Å². The van der Waals surface area contributed by atoms with Crippen molar-refractivity contribution in [3.63, 3.8) is 0 Å². The average Bonchev–Trinajstić information content (AvgIpc) is 1.38. The average molecular weight is 1200 g/mol. The highest BCUT2D eigenvalue weighted by molar-refractivity contribution is 6.77. The van der Waals surface area contributed by atoms with Crippen molar-refractivity contribution in [2.75, 3.05) is 52.4 Å². The lowest BCUT2D eigenvalue weighted by Gasteiger charge is -2.50. The Bertz CT molecular complexity index is 7770. The van der Waals surface area contributed by atoms with E-state index < -0.39 is 5.60 Å². The van der Waals surface area contributed by atoms with Crippen LogP contribution in [0.3, 0.4) is 0 Å². The number of ether oxygens (including phenoxy) is 2. The normalized spacial score (nSPS) is 24.7. The molecule has 26 aromatic carbocycles. The van der Waals surface area contributed by atoms with Crippen LogP contribution in [0.25, 0.3) is 270 Å². The van der Waals surface area contributed by atoms with E-state index in [9.17, 15) is 9.59 Å². The van der Waals surface area contributed by atoms with Crippen LogP contribution in [0.4, 0.5) is 4.79 Å². The highest BCUT2D eigenvalue weighted by Crippen LogP contribution is 2.88. The predicted octanol–water partition coefficient (Wildman–Crippen LogP) is 18.8. The number of likely N-dealkylation sites (tertiary alicyclic amines) is 2. The Labute approximate surface area is 529 Å². The number of carbonyl (C=O) groups is 2. The van der Waals surface area contributed by atoms with Gasteiger partial charge in [0.1, 0.15) is 12.2 Å². The first-order chi connectivity index (χ1) is 46.7. The number of amides is 1. The third kappa shape index (κ3) is 2.76. The lowest BCUT2D eigenvalue weighted by Crippen LogP contribution is -2.51. The molecule has 2 heterocycles. The Morgan fingerprint density at radius 2 is 0.611 bits per heavy atom. The number of alkyl carbamates (subject to hydrolysis) is 1. The van der Waals surface area contributed by atoms with Crippen molar-refractivity contribution in [1.29, 1.82) is 0 Å². The van der Waals surface area contributed by atoms with Gasteiger partial charge in [0.15, 0.2) is 0 Å². The molecule has 7 heteroatoms. The molecule has 0 aromatic heterocycles. The number of hydrogen-bond donors (Lipinski definition) is 1. The van der Waals surface area contributed by atoms with Crippen LogP contribution in [0.1, 0.15) is 88.7 Å². The van der Waals surface area contributed by atoms with Gasteiger partial charge in [-0.25, -0.2) is 4.79 Å². The fourth-order valence-electron chi connectivity index (χ4n) is 31.2. The number of nitrogens with zero attached hydrogens (tertiary/aromatic N) is 2. The van der Waals surface area contributed by atoms with Gasteiger partial charge in [0, 0.05) is 51.7 Å². The number of hydrogen-bond acceptors (Lipinski definition) is 6. The summed E-state index contributed by atoms with van der Waals surface area (Å²) in [4.78, 5) is 34.3. The first-order valence-corrected chi connectivity index (χ1v) is 35.5. The largest absolute Gasteiger partial charge is 0.460 e. The second-order valence-electron chi connectivity index (χ2n) is 34.6. The Morgan fingerprint density at radius 1 is 0.368 bits per heavy atom. The Balaban J connectivity index is 0.736. The second-order valence-corrected chi connectivity index (χ2v) is 34.6. The van der Waals surface area contributed by atoms with Gasteiger partial charge in [-0.1, -0.05) is 48.5 Å². The van der Waals surface area contributed by atoms with Crippen LogP contribution in [0, 0.1) is 0 Å². The van der Waals surface area contributed by atoms with E-state index in [1.165, 1.54) is 22.3 Å².